The van der Waals surface area contributed by atoms with Gasteiger partial charge in [0.15, 0.2) is 0 Å². The summed E-state index contributed by atoms with van der Waals surface area (Å²) in [4.78, 5) is 0. The van der Waals surface area contributed by atoms with E-state index in [-0.39, 0.29) is 0 Å². The number of hydrogen-bond donors (Lipinski definition) is 1. The summed E-state index contributed by atoms with van der Waals surface area (Å²) >= 11 is 4.41. The first kappa shape index (κ1) is 15.3. The first-order chi connectivity index (χ1) is 7.28. The van der Waals surface area contributed by atoms with Crippen LogP contribution >= 0.6 is 12.6 Å². The van der Waals surface area contributed by atoms with E-state index in [4.69, 9.17) is 0 Å². The molecule has 0 fully saturated rings. The van der Waals surface area contributed by atoms with Gasteiger partial charge in [-0.2, -0.15) is 12.6 Å². The van der Waals surface area contributed by atoms with E-state index >= 15 is 0 Å². The van der Waals surface area contributed by atoms with Crippen molar-refractivity contribution in [1.29, 1.82) is 0 Å². The van der Waals surface area contributed by atoms with Gasteiger partial charge in [0.05, 0.1) is 0 Å². The van der Waals surface area contributed by atoms with Crippen LogP contribution in [-0.4, -0.2) is 5.75 Å². The second-order valence-electron chi connectivity index (χ2n) is 4.80. The Labute approximate surface area is 103 Å². The highest BCUT2D eigenvalue weighted by Gasteiger charge is 2.09. The summed E-state index contributed by atoms with van der Waals surface area (Å²) in [5, 5.41) is 0. The van der Waals surface area contributed by atoms with Gasteiger partial charge >= 0.3 is 0 Å². The molecule has 0 aromatic rings. The molecule has 92 valence electrons. The molecule has 2 unspecified atom stereocenters. The summed E-state index contributed by atoms with van der Waals surface area (Å²) in [6.07, 6.45) is 11.1. The molecule has 0 heterocycles. The van der Waals surface area contributed by atoms with Crippen LogP contribution in [0.3, 0.4) is 0 Å². The Morgan fingerprint density at radius 3 is 1.87 bits per heavy atom. The molecule has 1 heteroatoms. The van der Waals surface area contributed by atoms with Gasteiger partial charge in [-0.25, -0.2) is 0 Å². The van der Waals surface area contributed by atoms with Crippen molar-refractivity contribution in [3.63, 3.8) is 0 Å². The molecule has 0 saturated heterocycles. The molecule has 0 aromatic carbocycles. The van der Waals surface area contributed by atoms with Gasteiger partial charge in [-0.1, -0.05) is 65.7 Å². The van der Waals surface area contributed by atoms with E-state index in [1.54, 1.807) is 0 Å². The first-order valence-corrected chi connectivity index (χ1v) is 7.52. The number of unbranched alkanes of at least 4 members (excludes halogenated alkanes) is 2. The molecule has 0 N–H and O–H groups in total. The summed E-state index contributed by atoms with van der Waals surface area (Å²) in [5.74, 6) is 2.90. The van der Waals surface area contributed by atoms with Crippen molar-refractivity contribution in [3.05, 3.63) is 0 Å². The van der Waals surface area contributed by atoms with E-state index < -0.39 is 0 Å². The highest BCUT2D eigenvalue weighted by Crippen LogP contribution is 2.23. The Morgan fingerprint density at radius 2 is 1.40 bits per heavy atom. The smallest absolute Gasteiger partial charge is 0.00696 e. The van der Waals surface area contributed by atoms with Crippen molar-refractivity contribution in [3.8, 4) is 0 Å². The second kappa shape index (κ2) is 10.9. The van der Waals surface area contributed by atoms with Gasteiger partial charge in [0.2, 0.25) is 0 Å². The van der Waals surface area contributed by atoms with E-state index in [2.05, 4.69) is 33.4 Å². The van der Waals surface area contributed by atoms with Crippen LogP contribution in [0, 0.1) is 11.8 Å². The quantitative estimate of drug-likeness (QED) is 0.380. The minimum atomic E-state index is 0.855. The summed E-state index contributed by atoms with van der Waals surface area (Å²) in [5.41, 5.74) is 0. The minimum Gasteiger partial charge on any atom is -0.179 e. The van der Waals surface area contributed by atoms with Gasteiger partial charge in [-0.05, 0) is 24.0 Å². The minimum absolute atomic E-state index is 0.855. The lowest BCUT2D eigenvalue weighted by atomic mass is 9.90. The van der Waals surface area contributed by atoms with Crippen LogP contribution in [0.1, 0.15) is 72.1 Å². The molecule has 0 aliphatic heterocycles. The summed E-state index contributed by atoms with van der Waals surface area (Å²) in [7, 11) is 0. The van der Waals surface area contributed by atoms with Crippen LogP contribution in [0.5, 0.6) is 0 Å². The first-order valence-electron chi connectivity index (χ1n) is 6.89. The molecule has 0 amide bonds. The van der Waals surface area contributed by atoms with E-state index in [9.17, 15) is 0 Å². The Balaban J connectivity index is 3.59. The maximum absolute atomic E-state index is 4.41. The molecule has 0 aliphatic carbocycles. The summed E-state index contributed by atoms with van der Waals surface area (Å²) in [6.45, 7) is 6.92. The van der Waals surface area contributed by atoms with E-state index in [1.165, 1.54) is 51.4 Å². The predicted octanol–water partition coefficient (Wildman–Crippen LogP) is 5.33. The highest BCUT2D eigenvalue weighted by molar-refractivity contribution is 7.80. The van der Waals surface area contributed by atoms with Crippen LogP contribution in [0.2, 0.25) is 0 Å². The Hall–Kier alpha value is 0.350. The topological polar surface area (TPSA) is 0 Å². The molecule has 15 heavy (non-hydrogen) atoms. The van der Waals surface area contributed by atoms with E-state index in [0.29, 0.717) is 0 Å². The largest absolute Gasteiger partial charge is 0.179 e. The zero-order chi connectivity index (χ0) is 11.5. The van der Waals surface area contributed by atoms with Crippen LogP contribution < -0.4 is 0 Å². The lowest BCUT2D eigenvalue weighted by Crippen LogP contribution is -2.06. The SMILES string of the molecule is CCCCCC(CC)CCC(CC)CS. The monoisotopic (exact) mass is 230 g/mol. The van der Waals surface area contributed by atoms with Crippen molar-refractivity contribution in [2.75, 3.05) is 5.75 Å². The van der Waals surface area contributed by atoms with E-state index in [1.807, 2.05) is 0 Å². The van der Waals surface area contributed by atoms with Gasteiger partial charge in [0.1, 0.15) is 0 Å². The molecule has 0 nitrogen and oxygen atoms in total. The molecule has 0 aliphatic rings. The Morgan fingerprint density at radius 1 is 0.800 bits per heavy atom. The Kier molecular flexibility index (Phi) is 11.1. The standard InChI is InChI=1S/C14H30S/c1-4-7-8-9-13(5-2)10-11-14(6-3)12-15/h13-15H,4-12H2,1-3H3. The van der Waals surface area contributed by atoms with E-state index in [0.717, 1.165) is 17.6 Å². The lowest BCUT2D eigenvalue weighted by Gasteiger charge is -2.18. The molecule has 0 saturated carbocycles. The second-order valence-corrected chi connectivity index (χ2v) is 5.17. The number of rotatable bonds is 10. The highest BCUT2D eigenvalue weighted by atomic mass is 32.1. The molecular formula is C14H30S. The van der Waals surface area contributed by atoms with Crippen molar-refractivity contribution < 1.29 is 0 Å². The Bertz CT molecular complexity index is 119. The fourth-order valence-corrected chi connectivity index (χ4v) is 2.57. The molecule has 0 radical (unpaired) electrons. The van der Waals surface area contributed by atoms with Gasteiger partial charge in [0, 0.05) is 0 Å². The lowest BCUT2D eigenvalue weighted by molar-refractivity contribution is 0.367. The summed E-state index contributed by atoms with van der Waals surface area (Å²) in [6, 6.07) is 0. The average molecular weight is 230 g/mol. The zero-order valence-electron chi connectivity index (χ0n) is 11.0. The maximum Gasteiger partial charge on any atom is -0.00696 e. The molecule has 0 spiro atoms. The van der Waals surface area contributed by atoms with Gasteiger partial charge in [-0.15, -0.1) is 0 Å². The molecule has 0 rings (SSSR count). The van der Waals surface area contributed by atoms with Crippen LogP contribution in [0.15, 0.2) is 0 Å². The third kappa shape index (κ3) is 8.19. The van der Waals surface area contributed by atoms with Crippen molar-refractivity contribution in [2.45, 2.75) is 72.1 Å². The third-order valence-electron chi connectivity index (χ3n) is 3.61. The average Bonchev–Trinajstić information content (AvgIpc) is 2.28. The van der Waals surface area contributed by atoms with Crippen LogP contribution in [0.25, 0.3) is 0 Å². The fourth-order valence-electron chi connectivity index (χ4n) is 2.13. The van der Waals surface area contributed by atoms with Crippen LogP contribution in [-0.2, 0) is 0 Å². The normalized spacial score (nSPS) is 15.2. The third-order valence-corrected chi connectivity index (χ3v) is 4.13. The van der Waals surface area contributed by atoms with Crippen molar-refractivity contribution >= 4 is 12.6 Å². The predicted molar refractivity (Wildman–Crippen MR) is 74.8 cm³/mol. The van der Waals surface area contributed by atoms with Gasteiger partial charge in [-0.3, -0.25) is 0 Å². The molecule has 0 bridgehead atoms. The van der Waals surface area contributed by atoms with Crippen LogP contribution in [0.4, 0.5) is 0 Å². The molecule has 0 aromatic heterocycles. The number of hydrogen-bond acceptors (Lipinski definition) is 1. The molecule has 2 atom stereocenters. The fraction of sp³-hybridized carbons (Fsp3) is 1.00. The maximum atomic E-state index is 4.41. The van der Waals surface area contributed by atoms with Gasteiger partial charge < -0.3 is 0 Å². The molecular weight excluding hydrogens is 200 g/mol. The van der Waals surface area contributed by atoms with Gasteiger partial charge in [0.25, 0.3) is 0 Å². The summed E-state index contributed by atoms with van der Waals surface area (Å²) < 4.78 is 0. The van der Waals surface area contributed by atoms with Crippen molar-refractivity contribution in [2.24, 2.45) is 11.8 Å². The number of thiol groups is 1. The van der Waals surface area contributed by atoms with Crippen molar-refractivity contribution in [1.82, 2.24) is 0 Å². The zero-order valence-corrected chi connectivity index (χ0v) is 11.9.